The maximum Gasteiger partial charge on any atom is 0.226 e. The maximum atomic E-state index is 9.88. The largest absolute Gasteiger partial charge is 0.394 e. The molecule has 1 aliphatic heterocycles. The van der Waals surface area contributed by atoms with Crippen LogP contribution in [0.3, 0.4) is 0 Å². The molecule has 3 heterocycles. The average molecular weight is 326 g/mol. The fraction of sp³-hybridized carbons (Fsp3) is 0.615. The zero-order valence-corrected chi connectivity index (χ0v) is 12.4. The van der Waals surface area contributed by atoms with Crippen molar-refractivity contribution in [1.82, 2.24) is 19.5 Å². The van der Waals surface area contributed by atoms with Gasteiger partial charge in [0.25, 0.3) is 0 Å². The van der Waals surface area contributed by atoms with Gasteiger partial charge in [-0.2, -0.15) is 9.97 Å². The van der Waals surface area contributed by atoms with E-state index in [2.05, 4.69) is 20.3 Å². The lowest BCUT2D eigenvalue weighted by atomic mass is 10.2. The molecular formula is C13H16ClN5O3. The molecular weight excluding hydrogens is 310 g/mol. The Labute approximate surface area is 131 Å². The van der Waals surface area contributed by atoms with Gasteiger partial charge in [-0.1, -0.05) is 0 Å². The summed E-state index contributed by atoms with van der Waals surface area (Å²) in [5.74, 6) is 0.619. The van der Waals surface area contributed by atoms with Crippen LogP contribution in [-0.2, 0) is 4.74 Å². The van der Waals surface area contributed by atoms with Crippen LogP contribution in [0.25, 0.3) is 11.2 Å². The summed E-state index contributed by atoms with van der Waals surface area (Å²) in [6.07, 6.45) is 2.45. The summed E-state index contributed by atoms with van der Waals surface area (Å²) in [6.45, 7) is -0.228. The number of hydrogen-bond acceptors (Lipinski definition) is 7. The number of nitrogens with zero attached hydrogens (tertiary/aromatic N) is 4. The van der Waals surface area contributed by atoms with Gasteiger partial charge < -0.3 is 20.3 Å². The van der Waals surface area contributed by atoms with E-state index < -0.39 is 18.4 Å². The molecule has 0 aromatic carbocycles. The number of aliphatic hydroxyl groups is 2. The smallest absolute Gasteiger partial charge is 0.226 e. The fourth-order valence-electron chi connectivity index (χ4n) is 2.67. The van der Waals surface area contributed by atoms with Crippen molar-refractivity contribution in [3.8, 4) is 0 Å². The van der Waals surface area contributed by atoms with E-state index in [0.717, 1.165) is 12.8 Å². The summed E-state index contributed by atoms with van der Waals surface area (Å²) in [5.41, 5.74) is 1.18. The van der Waals surface area contributed by atoms with Gasteiger partial charge in [0, 0.05) is 12.5 Å². The SMILES string of the molecule is OC[C@H]1O[C@@H](n2cnc3c(NC4CC4)nc(Cl)nc32)C[C@@H]1O. The van der Waals surface area contributed by atoms with Crippen molar-refractivity contribution in [3.05, 3.63) is 11.6 Å². The monoisotopic (exact) mass is 325 g/mol. The number of hydrogen-bond donors (Lipinski definition) is 3. The molecule has 0 spiro atoms. The number of anilines is 1. The predicted molar refractivity (Wildman–Crippen MR) is 78.6 cm³/mol. The quantitative estimate of drug-likeness (QED) is 0.710. The first kappa shape index (κ1) is 14.1. The van der Waals surface area contributed by atoms with Gasteiger partial charge in [-0.25, -0.2) is 4.98 Å². The number of rotatable bonds is 4. The van der Waals surface area contributed by atoms with Crippen molar-refractivity contribution in [2.24, 2.45) is 0 Å². The molecule has 3 N–H and O–H groups in total. The van der Waals surface area contributed by atoms with Crippen molar-refractivity contribution in [1.29, 1.82) is 0 Å². The van der Waals surface area contributed by atoms with Crippen molar-refractivity contribution in [3.63, 3.8) is 0 Å². The van der Waals surface area contributed by atoms with Crippen LogP contribution in [0, 0.1) is 0 Å². The number of imidazole rings is 1. The summed E-state index contributed by atoms with van der Waals surface area (Å²) in [7, 11) is 0. The highest BCUT2D eigenvalue weighted by atomic mass is 35.5. The third kappa shape index (κ3) is 2.41. The number of aliphatic hydroxyl groups excluding tert-OH is 2. The van der Waals surface area contributed by atoms with Crippen LogP contribution in [0.4, 0.5) is 5.82 Å². The molecule has 0 amide bonds. The zero-order chi connectivity index (χ0) is 15.3. The minimum absolute atomic E-state index is 0.134. The molecule has 9 heteroatoms. The Hall–Kier alpha value is -1.48. The number of nitrogens with one attached hydrogen (secondary N) is 1. The van der Waals surface area contributed by atoms with E-state index in [-0.39, 0.29) is 11.9 Å². The van der Waals surface area contributed by atoms with E-state index in [1.54, 1.807) is 10.9 Å². The van der Waals surface area contributed by atoms with E-state index in [1.807, 2.05) is 0 Å². The normalized spacial score (nSPS) is 28.4. The highest BCUT2D eigenvalue weighted by molar-refractivity contribution is 6.28. The first-order valence-corrected chi connectivity index (χ1v) is 7.64. The topological polar surface area (TPSA) is 105 Å². The molecule has 2 aromatic rings. The average Bonchev–Trinajstić information content (AvgIpc) is 3.07. The molecule has 0 bridgehead atoms. The summed E-state index contributed by atoms with van der Waals surface area (Å²) in [5, 5.41) is 22.5. The van der Waals surface area contributed by atoms with E-state index in [9.17, 15) is 10.2 Å². The second kappa shape index (κ2) is 5.31. The van der Waals surface area contributed by atoms with Crippen molar-refractivity contribution in [2.45, 2.75) is 43.7 Å². The molecule has 8 nitrogen and oxygen atoms in total. The van der Waals surface area contributed by atoms with Gasteiger partial charge in [-0.05, 0) is 24.4 Å². The Balaban J connectivity index is 1.71. The summed E-state index contributed by atoms with van der Waals surface area (Å²) >= 11 is 6.01. The Morgan fingerprint density at radius 2 is 2.23 bits per heavy atom. The summed E-state index contributed by atoms with van der Waals surface area (Å²) < 4.78 is 7.37. The molecule has 1 aliphatic carbocycles. The molecule has 0 unspecified atom stereocenters. The Morgan fingerprint density at radius 3 is 2.91 bits per heavy atom. The molecule has 3 atom stereocenters. The second-order valence-electron chi connectivity index (χ2n) is 5.70. The van der Waals surface area contributed by atoms with Gasteiger partial charge in [0.15, 0.2) is 17.0 Å². The van der Waals surface area contributed by atoms with Gasteiger partial charge in [-0.3, -0.25) is 4.57 Å². The summed E-state index contributed by atoms with van der Waals surface area (Å²) in [4.78, 5) is 12.8. The van der Waals surface area contributed by atoms with Crippen LogP contribution < -0.4 is 5.32 Å². The van der Waals surface area contributed by atoms with E-state index in [0.29, 0.717) is 29.4 Å². The fourth-order valence-corrected chi connectivity index (χ4v) is 2.84. The van der Waals surface area contributed by atoms with Crippen LogP contribution in [0.5, 0.6) is 0 Å². The van der Waals surface area contributed by atoms with E-state index in [4.69, 9.17) is 16.3 Å². The van der Waals surface area contributed by atoms with Gasteiger partial charge in [-0.15, -0.1) is 0 Å². The molecule has 0 radical (unpaired) electrons. The standard InChI is InChI=1S/C13H16ClN5O3/c14-13-17-11(16-6-1-2-6)10-12(18-13)19(5-15-10)9-3-7(21)8(4-20)22-9/h5-9,20-21H,1-4H2,(H,16,17,18)/t7-,8+,9+/m0/s1. The van der Waals surface area contributed by atoms with Crippen LogP contribution in [-0.4, -0.2) is 54.6 Å². The van der Waals surface area contributed by atoms with Crippen molar-refractivity contribution in [2.75, 3.05) is 11.9 Å². The Bertz CT molecular complexity index is 704. The van der Waals surface area contributed by atoms with Crippen molar-refractivity contribution >= 4 is 28.6 Å². The summed E-state index contributed by atoms with van der Waals surface area (Å²) in [6, 6.07) is 0.419. The molecule has 2 aromatic heterocycles. The molecule has 2 fully saturated rings. The Kier molecular flexibility index (Phi) is 3.41. The maximum absolute atomic E-state index is 9.88. The molecule has 4 rings (SSSR count). The first-order valence-electron chi connectivity index (χ1n) is 7.26. The highest BCUT2D eigenvalue weighted by Crippen LogP contribution is 2.33. The van der Waals surface area contributed by atoms with Crippen molar-refractivity contribution < 1.29 is 14.9 Å². The van der Waals surface area contributed by atoms with E-state index in [1.165, 1.54) is 0 Å². The third-order valence-corrected chi connectivity index (χ3v) is 4.18. The lowest BCUT2D eigenvalue weighted by Gasteiger charge is -2.14. The zero-order valence-electron chi connectivity index (χ0n) is 11.7. The predicted octanol–water partition coefficient (Wildman–Crippen LogP) is 0.695. The van der Waals surface area contributed by atoms with Crippen LogP contribution >= 0.6 is 11.6 Å². The van der Waals surface area contributed by atoms with Gasteiger partial charge in [0.2, 0.25) is 5.28 Å². The third-order valence-electron chi connectivity index (χ3n) is 4.01. The molecule has 1 saturated carbocycles. The lowest BCUT2D eigenvalue weighted by Crippen LogP contribution is -2.24. The molecule has 2 aliphatic rings. The van der Waals surface area contributed by atoms with Crippen LogP contribution in [0.2, 0.25) is 5.28 Å². The molecule has 22 heavy (non-hydrogen) atoms. The van der Waals surface area contributed by atoms with E-state index >= 15 is 0 Å². The molecule has 118 valence electrons. The van der Waals surface area contributed by atoms with Gasteiger partial charge in [0.1, 0.15) is 12.3 Å². The first-order chi connectivity index (χ1) is 10.7. The number of halogens is 1. The minimum Gasteiger partial charge on any atom is -0.394 e. The minimum atomic E-state index is -0.714. The highest BCUT2D eigenvalue weighted by Gasteiger charge is 2.35. The lowest BCUT2D eigenvalue weighted by molar-refractivity contribution is -0.0432. The van der Waals surface area contributed by atoms with Gasteiger partial charge >= 0.3 is 0 Å². The van der Waals surface area contributed by atoms with Crippen LogP contribution in [0.15, 0.2) is 6.33 Å². The number of aromatic nitrogens is 4. The Morgan fingerprint density at radius 1 is 1.41 bits per heavy atom. The second-order valence-corrected chi connectivity index (χ2v) is 6.04. The van der Waals surface area contributed by atoms with Gasteiger partial charge in [0.05, 0.1) is 19.0 Å². The number of fused-ring (bicyclic) bond motifs is 1. The van der Waals surface area contributed by atoms with Crippen LogP contribution in [0.1, 0.15) is 25.5 Å². The number of ether oxygens (including phenoxy) is 1. The molecule has 1 saturated heterocycles.